The van der Waals surface area contributed by atoms with Crippen molar-refractivity contribution in [3.63, 3.8) is 0 Å². The van der Waals surface area contributed by atoms with Crippen LogP contribution in [0.15, 0.2) is 18.2 Å². The van der Waals surface area contributed by atoms with Gasteiger partial charge in [-0.25, -0.2) is 0 Å². The normalized spacial score (nSPS) is 25.1. The maximum absolute atomic E-state index is 6.29. The van der Waals surface area contributed by atoms with Gasteiger partial charge in [-0.3, -0.25) is 0 Å². The van der Waals surface area contributed by atoms with E-state index in [2.05, 4.69) is 30.9 Å². The highest BCUT2D eigenvalue weighted by atomic mass is 35.5. The predicted molar refractivity (Wildman–Crippen MR) is 69.9 cm³/mol. The van der Waals surface area contributed by atoms with E-state index in [9.17, 15) is 0 Å². The van der Waals surface area contributed by atoms with Crippen molar-refractivity contribution in [2.75, 3.05) is 18.0 Å². The van der Waals surface area contributed by atoms with Crippen LogP contribution in [-0.2, 0) is 6.54 Å². The molecule has 1 aromatic rings. The van der Waals surface area contributed by atoms with Crippen molar-refractivity contribution in [1.29, 1.82) is 0 Å². The summed E-state index contributed by atoms with van der Waals surface area (Å²) >= 11 is 6.29. The number of rotatable bonds is 2. The van der Waals surface area contributed by atoms with E-state index >= 15 is 0 Å². The molecule has 88 valence electrons. The molecule has 2 unspecified atom stereocenters. The van der Waals surface area contributed by atoms with Gasteiger partial charge in [0.2, 0.25) is 0 Å². The highest BCUT2D eigenvalue weighted by Crippen LogP contribution is 2.33. The lowest BCUT2D eigenvalue weighted by atomic mass is 10.0. The summed E-state index contributed by atoms with van der Waals surface area (Å²) in [6.07, 6.45) is 0. The second-order valence-corrected chi connectivity index (χ2v) is 5.26. The van der Waals surface area contributed by atoms with Gasteiger partial charge in [0.1, 0.15) is 0 Å². The standard InChI is InChI=1S/C13H19ClN2/c1-9-7-16(8-10(9)2)13-4-3-11(6-15)5-12(13)14/h3-5,9-10H,6-8,15H2,1-2H3. The van der Waals surface area contributed by atoms with Gasteiger partial charge in [-0.2, -0.15) is 0 Å². The molecule has 1 aliphatic rings. The molecule has 1 fully saturated rings. The van der Waals surface area contributed by atoms with Crippen molar-refractivity contribution in [2.45, 2.75) is 20.4 Å². The molecule has 1 aromatic carbocycles. The molecule has 1 aliphatic heterocycles. The summed E-state index contributed by atoms with van der Waals surface area (Å²) in [5.74, 6) is 1.48. The third-order valence-corrected chi connectivity index (χ3v) is 3.88. The summed E-state index contributed by atoms with van der Waals surface area (Å²) in [4.78, 5) is 2.37. The first kappa shape index (κ1) is 11.7. The van der Waals surface area contributed by atoms with E-state index in [1.165, 1.54) is 0 Å². The summed E-state index contributed by atoms with van der Waals surface area (Å²) in [7, 11) is 0. The van der Waals surface area contributed by atoms with E-state index in [-0.39, 0.29) is 0 Å². The van der Waals surface area contributed by atoms with Crippen molar-refractivity contribution < 1.29 is 0 Å². The van der Waals surface area contributed by atoms with Crippen LogP contribution in [0.3, 0.4) is 0 Å². The Hall–Kier alpha value is -0.730. The number of anilines is 1. The lowest BCUT2D eigenvalue weighted by molar-refractivity contribution is 0.494. The van der Waals surface area contributed by atoms with Crippen LogP contribution in [0.1, 0.15) is 19.4 Å². The molecule has 0 saturated carbocycles. The minimum atomic E-state index is 0.548. The fraction of sp³-hybridized carbons (Fsp3) is 0.538. The minimum Gasteiger partial charge on any atom is -0.370 e. The Labute approximate surface area is 102 Å². The summed E-state index contributed by atoms with van der Waals surface area (Å²) < 4.78 is 0. The first-order chi connectivity index (χ1) is 7.61. The molecule has 0 amide bonds. The molecule has 0 bridgehead atoms. The number of hydrogen-bond acceptors (Lipinski definition) is 2. The lowest BCUT2D eigenvalue weighted by Crippen LogP contribution is -2.20. The van der Waals surface area contributed by atoms with E-state index in [0.717, 1.165) is 41.2 Å². The van der Waals surface area contributed by atoms with Crippen molar-refractivity contribution in [1.82, 2.24) is 0 Å². The number of halogens is 1. The van der Waals surface area contributed by atoms with Crippen LogP contribution < -0.4 is 10.6 Å². The molecule has 3 heteroatoms. The zero-order valence-corrected chi connectivity index (χ0v) is 10.7. The van der Waals surface area contributed by atoms with Crippen LogP contribution in [0.5, 0.6) is 0 Å². The Morgan fingerprint density at radius 2 is 1.94 bits per heavy atom. The molecule has 2 N–H and O–H groups in total. The highest BCUT2D eigenvalue weighted by Gasteiger charge is 2.27. The van der Waals surface area contributed by atoms with E-state index in [0.29, 0.717) is 6.54 Å². The number of nitrogens with zero attached hydrogens (tertiary/aromatic N) is 1. The minimum absolute atomic E-state index is 0.548. The molecular formula is C13H19ClN2. The summed E-state index contributed by atoms with van der Waals surface area (Å²) in [6, 6.07) is 6.13. The smallest absolute Gasteiger partial charge is 0.0642 e. The van der Waals surface area contributed by atoms with Crippen LogP contribution in [0.25, 0.3) is 0 Å². The van der Waals surface area contributed by atoms with E-state index in [1.807, 2.05) is 6.07 Å². The Kier molecular flexibility index (Phi) is 3.41. The van der Waals surface area contributed by atoms with Crippen molar-refractivity contribution >= 4 is 17.3 Å². The molecule has 2 nitrogen and oxygen atoms in total. The highest BCUT2D eigenvalue weighted by molar-refractivity contribution is 6.33. The van der Waals surface area contributed by atoms with E-state index in [1.54, 1.807) is 0 Å². The van der Waals surface area contributed by atoms with Gasteiger partial charge in [0.05, 0.1) is 10.7 Å². The van der Waals surface area contributed by atoms with E-state index < -0.39 is 0 Å². The van der Waals surface area contributed by atoms with Gasteiger partial charge >= 0.3 is 0 Å². The summed E-state index contributed by atoms with van der Waals surface area (Å²) in [5, 5.41) is 0.823. The molecule has 16 heavy (non-hydrogen) atoms. The van der Waals surface area contributed by atoms with Crippen LogP contribution in [0.4, 0.5) is 5.69 Å². The molecule has 0 aliphatic carbocycles. The Bertz CT molecular complexity index is 368. The van der Waals surface area contributed by atoms with Gasteiger partial charge in [-0.15, -0.1) is 0 Å². The maximum atomic E-state index is 6.29. The lowest BCUT2D eigenvalue weighted by Gasteiger charge is -2.20. The molecule has 2 atom stereocenters. The van der Waals surface area contributed by atoms with Crippen molar-refractivity contribution in [2.24, 2.45) is 17.6 Å². The first-order valence-corrected chi connectivity index (χ1v) is 6.23. The van der Waals surface area contributed by atoms with Gasteiger partial charge < -0.3 is 10.6 Å². The molecule has 1 saturated heterocycles. The maximum Gasteiger partial charge on any atom is 0.0642 e. The summed E-state index contributed by atoms with van der Waals surface area (Å²) in [5.41, 5.74) is 7.83. The van der Waals surface area contributed by atoms with Gasteiger partial charge in [0.15, 0.2) is 0 Å². The van der Waals surface area contributed by atoms with Gasteiger partial charge in [0.25, 0.3) is 0 Å². The van der Waals surface area contributed by atoms with Crippen molar-refractivity contribution in [3.8, 4) is 0 Å². The topological polar surface area (TPSA) is 29.3 Å². The number of nitrogens with two attached hydrogens (primary N) is 1. The summed E-state index contributed by atoms with van der Waals surface area (Å²) in [6.45, 7) is 7.35. The van der Waals surface area contributed by atoms with Crippen LogP contribution >= 0.6 is 11.6 Å². The second-order valence-electron chi connectivity index (χ2n) is 4.85. The third-order valence-electron chi connectivity index (χ3n) is 3.58. The molecule has 0 radical (unpaired) electrons. The third kappa shape index (κ3) is 2.18. The SMILES string of the molecule is CC1CN(c2ccc(CN)cc2Cl)CC1C. The van der Waals surface area contributed by atoms with Crippen LogP contribution in [-0.4, -0.2) is 13.1 Å². The monoisotopic (exact) mass is 238 g/mol. The van der Waals surface area contributed by atoms with Gasteiger partial charge in [-0.05, 0) is 29.5 Å². The largest absolute Gasteiger partial charge is 0.370 e. The zero-order valence-electron chi connectivity index (χ0n) is 9.91. The van der Waals surface area contributed by atoms with Gasteiger partial charge in [-0.1, -0.05) is 31.5 Å². The van der Waals surface area contributed by atoms with Crippen LogP contribution in [0.2, 0.25) is 5.02 Å². The molecular weight excluding hydrogens is 220 g/mol. The Morgan fingerprint density at radius 1 is 1.31 bits per heavy atom. The number of benzene rings is 1. The average molecular weight is 239 g/mol. The van der Waals surface area contributed by atoms with Gasteiger partial charge in [0, 0.05) is 19.6 Å². The second kappa shape index (κ2) is 4.64. The fourth-order valence-electron chi connectivity index (χ4n) is 2.26. The molecule has 1 heterocycles. The molecule has 0 aromatic heterocycles. The predicted octanol–water partition coefficient (Wildman–Crippen LogP) is 2.89. The Morgan fingerprint density at radius 3 is 2.44 bits per heavy atom. The van der Waals surface area contributed by atoms with Crippen LogP contribution in [0, 0.1) is 11.8 Å². The quantitative estimate of drug-likeness (QED) is 0.859. The molecule has 2 rings (SSSR count). The fourth-order valence-corrected chi connectivity index (χ4v) is 2.58. The Balaban J connectivity index is 2.22. The first-order valence-electron chi connectivity index (χ1n) is 5.85. The zero-order chi connectivity index (χ0) is 11.7. The number of hydrogen-bond donors (Lipinski definition) is 1. The van der Waals surface area contributed by atoms with E-state index in [4.69, 9.17) is 17.3 Å². The molecule has 0 spiro atoms. The average Bonchev–Trinajstić information content (AvgIpc) is 2.58. The van der Waals surface area contributed by atoms with Crippen molar-refractivity contribution in [3.05, 3.63) is 28.8 Å².